The van der Waals surface area contributed by atoms with Gasteiger partial charge in [0.05, 0.1) is 12.8 Å². The maximum Gasteiger partial charge on any atom is 0.255 e. The van der Waals surface area contributed by atoms with Crippen LogP contribution in [0.2, 0.25) is 0 Å². The molecule has 10 nitrogen and oxygen atoms in total. The van der Waals surface area contributed by atoms with E-state index in [9.17, 15) is 24.0 Å². The molecule has 2 aliphatic rings. The fourth-order valence-corrected chi connectivity index (χ4v) is 6.42. The topological polar surface area (TPSA) is 128 Å². The molecule has 5 amide bonds. The Morgan fingerprint density at radius 1 is 0.510 bits per heavy atom. The molecule has 0 aliphatic carbocycles. The monoisotopic (exact) mass is 657 g/mol. The van der Waals surface area contributed by atoms with E-state index in [2.05, 4.69) is 16.0 Å². The standard InChI is InChI=1S/C39H39N5O5/c45-35(25-27-9-3-1-4-10-27)43-23-7-13-33(43)38(48)41-30-17-15-29(16-18-30)37(47)40-31-19-21-32(22-20-31)42-39(49)34-14-8-24-44(34)36(46)26-28-11-5-2-6-12-28/h1-6,9-12,15-22,33-34H,7-8,13-14,23-26H2,(H,40,47)(H,41,48)(H,42,49). The molecule has 49 heavy (non-hydrogen) atoms. The molecule has 6 rings (SSSR count). The van der Waals surface area contributed by atoms with Gasteiger partial charge in [-0.25, -0.2) is 0 Å². The maximum absolute atomic E-state index is 13.1. The first-order valence-electron chi connectivity index (χ1n) is 16.6. The summed E-state index contributed by atoms with van der Waals surface area (Å²) < 4.78 is 0. The molecule has 3 N–H and O–H groups in total. The maximum atomic E-state index is 13.1. The van der Waals surface area contributed by atoms with Gasteiger partial charge in [-0.15, -0.1) is 0 Å². The van der Waals surface area contributed by atoms with Crippen molar-refractivity contribution >= 4 is 46.6 Å². The third-order valence-electron chi connectivity index (χ3n) is 8.97. The third-order valence-corrected chi connectivity index (χ3v) is 8.97. The Hall–Kier alpha value is -5.77. The number of likely N-dealkylation sites (tertiary alicyclic amines) is 2. The van der Waals surface area contributed by atoms with Crippen molar-refractivity contribution in [1.82, 2.24) is 9.80 Å². The molecule has 0 saturated carbocycles. The van der Waals surface area contributed by atoms with E-state index in [4.69, 9.17) is 0 Å². The summed E-state index contributed by atoms with van der Waals surface area (Å²) in [5, 5.41) is 8.64. The normalized spacial score (nSPS) is 17.0. The molecular weight excluding hydrogens is 618 g/mol. The summed E-state index contributed by atoms with van der Waals surface area (Å²) in [5.41, 5.74) is 3.87. The molecule has 10 heteroatoms. The molecular formula is C39H39N5O5. The summed E-state index contributed by atoms with van der Waals surface area (Å²) in [6.45, 7) is 1.10. The van der Waals surface area contributed by atoms with Crippen LogP contribution < -0.4 is 16.0 Å². The number of hydrogen-bond donors (Lipinski definition) is 3. The van der Waals surface area contributed by atoms with E-state index in [1.54, 1.807) is 58.3 Å². The number of rotatable bonds is 10. The van der Waals surface area contributed by atoms with E-state index in [1.165, 1.54) is 0 Å². The number of nitrogens with one attached hydrogen (secondary N) is 3. The van der Waals surface area contributed by atoms with Crippen molar-refractivity contribution in [2.24, 2.45) is 0 Å². The predicted molar refractivity (Wildman–Crippen MR) is 188 cm³/mol. The SMILES string of the molecule is O=C(Nc1ccc(NC(=O)C2CCCN2C(=O)Cc2ccccc2)cc1)c1ccc(NC(=O)C2CCCN2C(=O)Cc2ccccc2)cc1. The third kappa shape index (κ3) is 8.39. The average molecular weight is 658 g/mol. The minimum absolute atomic E-state index is 0.0659. The summed E-state index contributed by atoms with van der Waals surface area (Å²) in [7, 11) is 0. The predicted octanol–water partition coefficient (Wildman–Crippen LogP) is 5.28. The Balaban J connectivity index is 0.982. The first-order chi connectivity index (χ1) is 23.8. The molecule has 0 spiro atoms. The van der Waals surface area contributed by atoms with E-state index >= 15 is 0 Å². The Labute approximate surface area is 285 Å². The first-order valence-corrected chi connectivity index (χ1v) is 16.6. The van der Waals surface area contributed by atoms with E-state index in [0.717, 1.165) is 24.0 Å². The molecule has 0 radical (unpaired) electrons. The lowest BCUT2D eigenvalue weighted by molar-refractivity contribution is -0.136. The number of nitrogens with zero attached hydrogens (tertiary/aromatic N) is 2. The van der Waals surface area contributed by atoms with Gasteiger partial charge in [-0.2, -0.15) is 0 Å². The van der Waals surface area contributed by atoms with Gasteiger partial charge >= 0.3 is 0 Å². The second-order valence-corrected chi connectivity index (χ2v) is 12.4. The van der Waals surface area contributed by atoms with Crippen molar-refractivity contribution in [3.63, 3.8) is 0 Å². The van der Waals surface area contributed by atoms with Crippen LogP contribution in [0.1, 0.15) is 47.2 Å². The van der Waals surface area contributed by atoms with Crippen LogP contribution in [0.3, 0.4) is 0 Å². The van der Waals surface area contributed by atoms with E-state index in [0.29, 0.717) is 48.6 Å². The Morgan fingerprint density at radius 3 is 1.33 bits per heavy atom. The highest BCUT2D eigenvalue weighted by atomic mass is 16.2. The summed E-state index contributed by atoms with van der Waals surface area (Å²) >= 11 is 0. The quantitative estimate of drug-likeness (QED) is 0.214. The molecule has 2 aliphatic heterocycles. The molecule has 2 heterocycles. The Kier molecular flexibility index (Phi) is 10.4. The van der Waals surface area contributed by atoms with Gasteiger partial charge in [0.15, 0.2) is 0 Å². The second-order valence-electron chi connectivity index (χ2n) is 12.4. The zero-order valence-corrected chi connectivity index (χ0v) is 27.1. The number of carbonyl (C=O) groups excluding carboxylic acids is 5. The van der Waals surface area contributed by atoms with Crippen molar-refractivity contribution in [1.29, 1.82) is 0 Å². The first kappa shape index (κ1) is 33.1. The molecule has 2 fully saturated rings. The fourth-order valence-electron chi connectivity index (χ4n) is 6.42. The Bertz CT molecular complexity index is 1800. The van der Waals surface area contributed by atoms with Gasteiger partial charge in [-0.3, -0.25) is 24.0 Å². The van der Waals surface area contributed by atoms with Gasteiger partial charge in [0.1, 0.15) is 12.1 Å². The highest BCUT2D eigenvalue weighted by molar-refractivity contribution is 6.05. The zero-order chi connectivity index (χ0) is 34.2. The van der Waals surface area contributed by atoms with Gasteiger partial charge in [0.2, 0.25) is 23.6 Å². The van der Waals surface area contributed by atoms with Crippen LogP contribution in [-0.2, 0) is 32.0 Å². The Morgan fingerprint density at radius 2 is 0.898 bits per heavy atom. The minimum atomic E-state index is -0.536. The minimum Gasteiger partial charge on any atom is -0.330 e. The van der Waals surface area contributed by atoms with E-state index in [-0.39, 0.29) is 42.4 Å². The van der Waals surface area contributed by atoms with Gasteiger partial charge in [0, 0.05) is 35.7 Å². The second kappa shape index (κ2) is 15.4. The van der Waals surface area contributed by atoms with Crippen molar-refractivity contribution in [3.8, 4) is 0 Å². The summed E-state index contributed by atoms with van der Waals surface area (Å²) in [4.78, 5) is 68.3. The van der Waals surface area contributed by atoms with Crippen LogP contribution in [0.5, 0.6) is 0 Å². The highest BCUT2D eigenvalue weighted by Crippen LogP contribution is 2.23. The summed E-state index contributed by atoms with van der Waals surface area (Å²) in [6.07, 6.45) is 3.25. The molecule has 0 bridgehead atoms. The molecule has 2 saturated heterocycles. The van der Waals surface area contributed by atoms with Crippen LogP contribution in [0, 0.1) is 0 Å². The van der Waals surface area contributed by atoms with Crippen LogP contribution >= 0.6 is 0 Å². The van der Waals surface area contributed by atoms with Crippen molar-refractivity contribution in [2.45, 2.75) is 50.6 Å². The van der Waals surface area contributed by atoms with Crippen molar-refractivity contribution in [3.05, 3.63) is 126 Å². The number of carbonyl (C=O) groups is 5. The van der Waals surface area contributed by atoms with Crippen LogP contribution in [-0.4, -0.2) is 64.5 Å². The smallest absolute Gasteiger partial charge is 0.255 e. The zero-order valence-electron chi connectivity index (χ0n) is 27.1. The fraction of sp³-hybridized carbons (Fsp3) is 0.256. The van der Waals surface area contributed by atoms with Crippen LogP contribution in [0.4, 0.5) is 17.1 Å². The lowest BCUT2D eigenvalue weighted by Crippen LogP contribution is -2.43. The lowest BCUT2D eigenvalue weighted by atomic mass is 10.1. The molecule has 250 valence electrons. The molecule has 2 unspecified atom stereocenters. The van der Waals surface area contributed by atoms with E-state index in [1.807, 2.05) is 60.7 Å². The van der Waals surface area contributed by atoms with Crippen molar-refractivity contribution in [2.75, 3.05) is 29.0 Å². The summed E-state index contributed by atoms with van der Waals surface area (Å²) in [5.74, 6) is -0.951. The lowest BCUT2D eigenvalue weighted by Gasteiger charge is -2.24. The number of benzene rings is 4. The van der Waals surface area contributed by atoms with Crippen LogP contribution in [0.25, 0.3) is 0 Å². The van der Waals surface area contributed by atoms with Gasteiger partial charge < -0.3 is 25.8 Å². The summed E-state index contributed by atoms with van der Waals surface area (Å²) in [6, 6.07) is 31.3. The average Bonchev–Trinajstić information content (AvgIpc) is 3.82. The van der Waals surface area contributed by atoms with E-state index < -0.39 is 12.1 Å². The molecule has 4 aromatic rings. The van der Waals surface area contributed by atoms with Crippen molar-refractivity contribution < 1.29 is 24.0 Å². The van der Waals surface area contributed by atoms with Gasteiger partial charge in [-0.1, -0.05) is 60.7 Å². The number of hydrogen-bond acceptors (Lipinski definition) is 5. The highest BCUT2D eigenvalue weighted by Gasteiger charge is 2.35. The molecule has 0 aromatic heterocycles. The van der Waals surface area contributed by atoms with Crippen LogP contribution in [0.15, 0.2) is 109 Å². The van der Waals surface area contributed by atoms with Gasteiger partial charge in [-0.05, 0) is 85.3 Å². The van der Waals surface area contributed by atoms with Gasteiger partial charge in [0.25, 0.3) is 5.91 Å². The number of anilines is 3. The largest absolute Gasteiger partial charge is 0.330 e. The molecule has 4 aromatic carbocycles. The number of amides is 5. The molecule has 2 atom stereocenters.